The lowest BCUT2D eigenvalue weighted by molar-refractivity contribution is 0.232. The summed E-state index contributed by atoms with van der Waals surface area (Å²) in [6.07, 6.45) is 5.73. The van der Waals surface area contributed by atoms with Crippen molar-refractivity contribution in [3.8, 4) is 0 Å². The molecule has 1 fully saturated rings. The van der Waals surface area contributed by atoms with Gasteiger partial charge in [-0.05, 0) is 41.7 Å². The molecule has 0 saturated heterocycles. The van der Waals surface area contributed by atoms with Crippen molar-refractivity contribution in [2.75, 3.05) is 0 Å². The van der Waals surface area contributed by atoms with E-state index in [1.165, 1.54) is 25.7 Å². The van der Waals surface area contributed by atoms with Gasteiger partial charge >= 0.3 is 0 Å². The van der Waals surface area contributed by atoms with Crippen LogP contribution in [0.25, 0.3) is 0 Å². The molecule has 0 aromatic heterocycles. The molecule has 0 amide bonds. The normalized spacial score (nSPS) is 34.2. The lowest BCUT2D eigenvalue weighted by Gasteiger charge is -2.47. The summed E-state index contributed by atoms with van der Waals surface area (Å²) in [5.74, 6) is 2.82. The smallest absolute Gasteiger partial charge is 0.00619 e. The zero-order valence-electron chi connectivity index (χ0n) is 8.87. The molecule has 3 atom stereocenters. The zero-order valence-corrected chi connectivity index (χ0v) is 8.87. The van der Waals surface area contributed by atoms with Gasteiger partial charge in [0.1, 0.15) is 0 Å². The predicted octanol–water partition coefficient (Wildman–Crippen LogP) is 4.08. The summed E-state index contributed by atoms with van der Waals surface area (Å²) in [5.41, 5.74) is 3.33. The van der Waals surface area contributed by atoms with Gasteiger partial charge in [0.15, 0.2) is 0 Å². The Hall–Kier alpha value is -0.780. The minimum atomic E-state index is 0.921. The standard InChI is InChI=1S/C14H18/c1-2-10-6-5-9-13-11-7-3-4-8-12(11)14(10)13/h3-4,7-8,10,13-14H,2,5-6,9H2,1H3. The molecule has 0 aliphatic heterocycles. The van der Waals surface area contributed by atoms with Crippen LogP contribution in [0.1, 0.15) is 55.6 Å². The Kier molecular flexibility index (Phi) is 1.90. The molecule has 2 aliphatic rings. The van der Waals surface area contributed by atoms with Gasteiger partial charge in [-0.3, -0.25) is 0 Å². The summed E-state index contributed by atoms with van der Waals surface area (Å²) < 4.78 is 0. The molecule has 0 heteroatoms. The lowest BCUT2D eigenvalue weighted by atomic mass is 9.57. The van der Waals surface area contributed by atoms with Gasteiger partial charge in [-0.1, -0.05) is 44.0 Å². The molecule has 2 aliphatic carbocycles. The summed E-state index contributed by atoms with van der Waals surface area (Å²) >= 11 is 0. The molecule has 1 saturated carbocycles. The van der Waals surface area contributed by atoms with E-state index in [0.29, 0.717) is 0 Å². The Morgan fingerprint density at radius 1 is 1.14 bits per heavy atom. The molecular formula is C14H18. The van der Waals surface area contributed by atoms with Crippen molar-refractivity contribution in [1.82, 2.24) is 0 Å². The zero-order chi connectivity index (χ0) is 9.54. The molecule has 0 nitrogen and oxygen atoms in total. The van der Waals surface area contributed by atoms with Crippen LogP contribution in [0.5, 0.6) is 0 Å². The Balaban J connectivity index is 1.98. The lowest BCUT2D eigenvalue weighted by Crippen LogP contribution is -2.33. The molecule has 0 bridgehead atoms. The first-order valence-electron chi connectivity index (χ1n) is 6.00. The molecule has 74 valence electrons. The predicted molar refractivity (Wildman–Crippen MR) is 59.6 cm³/mol. The molecule has 0 radical (unpaired) electrons. The fraction of sp³-hybridized carbons (Fsp3) is 0.571. The summed E-state index contributed by atoms with van der Waals surface area (Å²) in [5, 5.41) is 0. The third-order valence-electron chi connectivity index (χ3n) is 4.31. The summed E-state index contributed by atoms with van der Waals surface area (Å²) in [4.78, 5) is 0. The molecular weight excluding hydrogens is 168 g/mol. The highest BCUT2D eigenvalue weighted by Crippen LogP contribution is 2.57. The third kappa shape index (κ3) is 1.00. The highest BCUT2D eigenvalue weighted by molar-refractivity contribution is 5.46. The van der Waals surface area contributed by atoms with Gasteiger partial charge in [0.2, 0.25) is 0 Å². The Morgan fingerprint density at radius 3 is 2.71 bits per heavy atom. The Morgan fingerprint density at radius 2 is 1.93 bits per heavy atom. The van der Waals surface area contributed by atoms with Gasteiger partial charge in [-0.2, -0.15) is 0 Å². The van der Waals surface area contributed by atoms with Crippen LogP contribution in [0.4, 0.5) is 0 Å². The number of rotatable bonds is 1. The molecule has 0 spiro atoms. The molecule has 1 aromatic carbocycles. The van der Waals surface area contributed by atoms with E-state index in [4.69, 9.17) is 0 Å². The summed E-state index contributed by atoms with van der Waals surface area (Å²) in [7, 11) is 0. The fourth-order valence-electron chi connectivity index (χ4n) is 3.62. The summed E-state index contributed by atoms with van der Waals surface area (Å²) in [6, 6.07) is 9.10. The van der Waals surface area contributed by atoms with E-state index in [2.05, 4.69) is 31.2 Å². The maximum atomic E-state index is 2.36. The number of fused-ring (bicyclic) bond motifs is 4. The van der Waals surface area contributed by atoms with Crippen molar-refractivity contribution < 1.29 is 0 Å². The van der Waals surface area contributed by atoms with Crippen molar-refractivity contribution in [3.05, 3.63) is 35.4 Å². The minimum Gasteiger partial charge on any atom is -0.0651 e. The van der Waals surface area contributed by atoms with Gasteiger partial charge in [-0.15, -0.1) is 0 Å². The first-order chi connectivity index (χ1) is 6.92. The Bertz CT molecular complexity index is 340. The van der Waals surface area contributed by atoms with Crippen molar-refractivity contribution in [1.29, 1.82) is 0 Å². The SMILES string of the molecule is CCC1CCCC2c3ccccc3C12. The number of benzene rings is 1. The van der Waals surface area contributed by atoms with Crippen LogP contribution in [-0.4, -0.2) is 0 Å². The number of hydrogen-bond acceptors (Lipinski definition) is 0. The largest absolute Gasteiger partial charge is 0.0651 e. The first kappa shape index (κ1) is 8.52. The quantitative estimate of drug-likeness (QED) is 0.620. The van der Waals surface area contributed by atoms with Gasteiger partial charge in [0.25, 0.3) is 0 Å². The summed E-state index contributed by atoms with van der Waals surface area (Å²) in [6.45, 7) is 2.36. The average Bonchev–Trinajstić information content (AvgIpc) is 2.24. The van der Waals surface area contributed by atoms with E-state index in [-0.39, 0.29) is 0 Å². The second-order valence-corrected chi connectivity index (χ2v) is 4.86. The monoisotopic (exact) mass is 186 g/mol. The van der Waals surface area contributed by atoms with Crippen LogP contribution >= 0.6 is 0 Å². The number of hydrogen-bond donors (Lipinski definition) is 0. The van der Waals surface area contributed by atoms with Crippen molar-refractivity contribution in [2.24, 2.45) is 5.92 Å². The van der Waals surface area contributed by atoms with Crippen molar-refractivity contribution >= 4 is 0 Å². The second-order valence-electron chi connectivity index (χ2n) is 4.86. The second kappa shape index (κ2) is 3.12. The van der Waals surface area contributed by atoms with E-state index < -0.39 is 0 Å². The van der Waals surface area contributed by atoms with Crippen LogP contribution in [0, 0.1) is 5.92 Å². The van der Waals surface area contributed by atoms with Crippen molar-refractivity contribution in [2.45, 2.75) is 44.4 Å². The van der Waals surface area contributed by atoms with Gasteiger partial charge in [0, 0.05) is 0 Å². The molecule has 1 aromatic rings. The van der Waals surface area contributed by atoms with Crippen LogP contribution in [0.2, 0.25) is 0 Å². The van der Waals surface area contributed by atoms with Gasteiger partial charge in [-0.25, -0.2) is 0 Å². The van der Waals surface area contributed by atoms with E-state index in [9.17, 15) is 0 Å². The molecule has 0 N–H and O–H groups in total. The van der Waals surface area contributed by atoms with Crippen LogP contribution < -0.4 is 0 Å². The average molecular weight is 186 g/mol. The maximum absolute atomic E-state index is 2.36. The van der Waals surface area contributed by atoms with Crippen molar-refractivity contribution in [3.63, 3.8) is 0 Å². The van der Waals surface area contributed by atoms with E-state index in [1.807, 2.05) is 0 Å². The highest BCUT2D eigenvalue weighted by atomic mass is 14.5. The fourth-order valence-corrected chi connectivity index (χ4v) is 3.62. The first-order valence-corrected chi connectivity index (χ1v) is 6.00. The van der Waals surface area contributed by atoms with Gasteiger partial charge < -0.3 is 0 Å². The minimum absolute atomic E-state index is 0.921. The van der Waals surface area contributed by atoms with Crippen LogP contribution in [-0.2, 0) is 0 Å². The maximum Gasteiger partial charge on any atom is -0.00619 e. The van der Waals surface area contributed by atoms with E-state index >= 15 is 0 Å². The third-order valence-corrected chi connectivity index (χ3v) is 4.31. The molecule has 3 unspecified atom stereocenters. The van der Waals surface area contributed by atoms with Crippen LogP contribution in [0.3, 0.4) is 0 Å². The molecule has 0 heterocycles. The van der Waals surface area contributed by atoms with E-state index in [1.54, 1.807) is 11.1 Å². The topological polar surface area (TPSA) is 0 Å². The Labute approximate surface area is 86.3 Å². The van der Waals surface area contributed by atoms with Crippen LogP contribution in [0.15, 0.2) is 24.3 Å². The molecule has 3 rings (SSSR count). The van der Waals surface area contributed by atoms with E-state index in [0.717, 1.165) is 17.8 Å². The van der Waals surface area contributed by atoms with Gasteiger partial charge in [0.05, 0.1) is 0 Å². The highest BCUT2D eigenvalue weighted by Gasteiger charge is 2.42. The molecule has 14 heavy (non-hydrogen) atoms.